The van der Waals surface area contributed by atoms with Gasteiger partial charge in [-0.25, -0.2) is 0 Å². The first-order valence-electron chi connectivity index (χ1n) is 9.31. The van der Waals surface area contributed by atoms with E-state index < -0.39 is 0 Å². The van der Waals surface area contributed by atoms with Crippen LogP contribution >= 0.6 is 0 Å². The Morgan fingerprint density at radius 1 is 1.11 bits per heavy atom. The Balaban J connectivity index is 1.36. The van der Waals surface area contributed by atoms with Crippen LogP contribution in [0.4, 0.5) is 0 Å². The molecule has 1 amide bonds. The minimum absolute atomic E-state index is 0.0499. The van der Waals surface area contributed by atoms with Gasteiger partial charge in [0.1, 0.15) is 0 Å². The van der Waals surface area contributed by atoms with Gasteiger partial charge in [0.15, 0.2) is 11.5 Å². The van der Waals surface area contributed by atoms with Crippen LogP contribution in [-0.2, 0) is 7.05 Å². The van der Waals surface area contributed by atoms with Gasteiger partial charge in [-0.3, -0.25) is 9.48 Å². The normalized spacial score (nSPS) is 16.8. The summed E-state index contributed by atoms with van der Waals surface area (Å²) in [7, 11) is 1.86. The molecule has 0 unspecified atom stereocenters. The third-order valence-electron chi connectivity index (χ3n) is 5.26. The Kier molecular flexibility index (Phi) is 3.93. The molecule has 1 atom stereocenters. The summed E-state index contributed by atoms with van der Waals surface area (Å²) in [6.45, 7) is 1.22. The number of amides is 1. The topological polar surface area (TPSA) is 77.0 Å². The average molecular weight is 373 g/mol. The van der Waals surface area contributed by atoms with E-state index in [1.807, 2.05) is 66.5 Å². The number of fused-ring (bicyclic) bond motifs is 1. The first kappa shape index (κ1) is 16.7. The SMILES string of the molecule is Cn1nc(C(=O)N2CC[C@@H](c3noc(-c4ccccc4)n3)C2)c2ccccc21. The van der Waals surface area contributed by atoms with Gasteiger partial charge < -0.3 is 9.42 Å². The second-order valence-electron chi connectivity index (χ2n) is 7.05. The van der Waals surface area contributed by atoms with Crippen LogP contribution in [0, 0.1) is 0 Å². The third-order valence-corrected chi connectivity index (χ3v) is 5.26. The number of benzene rings is 2. The molecule has 0 N–H and O–H groups in total. The molecule has 1 aliphatic rings. The van der Waals surface area contributed by atoms with Gasteiger partial charge in [0, 0.05) is 37.0 Å². The number of rotatable bonds is 3. The molecule has 2 aromatic heterocycles. The van der Waals surface area contributed by atoms with Crippen LogP contribution in [0.1, 0.15) is 28.7 Å². The summed E-state index contributed by atoms with van der Waals surface area (Å²) in [5.41, 5.74) is 2.34. The first-order chi connectivity index (χ1) is 13.7. The second-order valence-corrected chi connectivity index (χ2v) is 7.05. The second kappa shape index (κ2) is 6.60. The van der Waals surface area contributed by atoms with E-state index in [2.05, 4.69) is 15.2 Å². The smallest absolute Gasteiger partial charge is 0.275 e. The predicted molar refractivity (Wildman–Crippen MR) is 104 cm³/mol. The van der Waals surface area contributed by atoms with E-state index in [9.17, 15) is 4.79 Å². The van der Waals surface area contributed by atoms with Gasteiger partial charge in [0.05, 0.1) is 5.52 Å². The average Bonchev–Trinajstić information content (AvgIpc) is 3.47. The Morgan fingerprint density at radius 3 is 2.75 bits per heavy atom. The maximum Gasteiger partial charge on any atom is 0.275 e. The maximum atomic E-state index is 13.1. The molecule has 3 heterocycles. The lowest BCUT2D eigenvalue weighted by molar-refractivity contribution is 0.0785. The Labute approximate surface area is 161 Å². The number of hydrogen-bond donors (Lipinski definition) is 0. The van der Waals surface area contributed by atoms with E-state index in [-0.39, 0.29) is 11.8 Å². The van der Waals surface area contributed by atoms with Crippen LogP contribution < -0.4 is 0 Å². The molecule has 0 saturated carbocycles. The first-order valence-corrected chi connectivity index (χ1v) is 9.31. The minimum atomic E-state index is -0.0499. The zero-order valence-electron chi connectivity index (χ0n) is 15.4. The molecule has 1 aliphatic heterocycles. The van der Waals surface area contributed by atoms with Crippen LogP contribution in [0.3, 0.4) is 0 Å². The summed E-state index contributed by atoms with van der Waals surface area (Å²) in [4.78, 5) is 19.4. The van der Waals surface area contributed by atoms with Crippen LogP contribution in [-0.4, -0.2) is 43.8 Å². The molecule has 2 aromatic carbocycles. The lowest BCUT2D eigenvalue weighted by Crippen LogP contribution is -2.29. The van der Waals surface area contributed by atoms with Crippen LogP contribution in [0.2, 0.25) is 0 Å². The van der Waals surface area contributed by atoms with Crippen molar-refractivity contribution < 1.29 is 9.32 Å². The number of aromatic nitrogens is 4. The van der Waals surface area contributed by atoms with Gasteiger partial charge in [0.25, 0.3) is 11.8 Å². The quantitative estimate of drug-likeness (QED) is 0.551. The number of carbonyl (C=O) groups is 1. The number of para-hydroxylation sites is 1. The van der Waals surface area contributed by atoms with Crippen molar-refractivity contribution in [1.82, 2.24) is 24.8 Å². The summed E-state index contributed by atoms with van der Waals surface area (Å²) >= 11 is 0. The fraction of sp³-hybridized carbons (Fsp3) is 0.238. The molecule has 140 valence electrons. The summed E-state index contributed by atoms with van der Waals surface area (Å²) in [6, 6.07) is 17.5. The highest BCUT2D eigenvalue weighted by Crippen LogP contribution is 2.29. The number of aryl methyl sites for hydroxylation is 1. The predicted octanol–water partition coefficient (Wildman–Crippen LogP) is 3.25. The zero-order chi connectivity index (χ0) is 19.1. The molecule has 1 fully saturated rings. The van der Waals surface area contributed by atoms with Crippen molar-refractivity contribution >= 4 is 16.8 Å². The largest absolute Gasteiger partial charge is 0.336 e. The fourth-order valence-corrected chi connectivity index (χ4v) is 3.78. The van der Waals surface area contributed by atoms with E-state index in [0.29, 0.717) is 30.5 Å². The molecular formula is C21H19N5O2. The van der Waals surface area contributed by atoms with E-state index in [1.54, 1.807) is 4.68 Å². The molecule has 7 nitrogen and oxygen atoms in total. The number of likely N-dealkylation sites (tertiary alicyclic amines) is 1. The van der Waals surface area contributed by atoms with Gasteiger partial charge in [0.2, 0.25) is 0 Å². The third kappa shape index (κ3) is 2.76. The number of nitrogens with zero attached hydrogens (tertiary/aromatic N) is 5. The van der Waals surface area contributed by atoms with E-state index in [0.717, 1.165) is 22.9 Å². The summed E-state index contributed by atoms with van der Waals surface area (Å²) in [6.07, 6.45) is 0.810. The van der Waals surface area contributed by atoms with E-state index in [1.165, 1.54) is 0 Å². The molecular weight excluding hydrogens is 354 g/mol. The van der Waals surface area contributed by atoms with Crippen molar-refractivity contribution in [2.75, 3.05) is 13.1 Å². The highest BCUT2D eigenvalue weighted by atomic mass is 16.5. The van der Waals surface area contributed by atoms with Crippen molar-refractivity contribution in [3.05, 3.63) is 66.1 Å². The Morgan fingerprint density at radius 2 is 1.89 bits per heavy atom. The molecule has 5 rings (SSSR count). The molecule has 1 saturated heterocycles. The monoisotopic (exact) mass is 373 g/mol. The highest BCUT2D eigenvalue weighted by Gasteiger charge is 2.32. The summed E-state index contributed by atoms with van der Waals surface area (Å²) < 4.78 is 7.18. The maximum absolute atomic E-state index is 13.1. The lowest BCUT2D eigenvalue weighted by atomic mass is 10.1. The van der Waals surface area contributed by atoms with Crippen molar-refractivity contribution in [2.24, 2.45) is 7.05 Å². The van der Waals surface area contributed by atoms with Gasteiger partial charge >= 0.3 is 0 Å². The summed E-state index contributed by atoms with van der Waals surface area (Å²) in [5, 5.41) is 9.48. The van der Waals surface area contributed by atoms with Crippen LogP contribution in [0.15, 0.2) is 59.1 Å². The lowest BCUT2D eigenvalue weighted by Gasteiger charge is -2.14. The van der Waals surface area contributed by atoms with E-state index >= 15 is 0 Å². The molecule has 0 radical (unpaired) electrons. The molecule has 0 aliphatic carbocycles. The molecule has 28 heavy (non-hydrogen) atoms. The molecule has 0 bridgehead atoms. The van der Waals surface area contributed by atoms with Gasteiger partial charge in [-0.1, -0.05) is 41.6 Å². The Bertz CT molecular complexity index is 1150. The van der Waals surface area contributed by atoms with Crippen LogP contribution in [0.5, 0.6) is 0 Å². The van der Waals surface area contributed by atoms with Crippen molar-refractivity contribution in [3.63, 3.8) is 0 Å². The fourth-order valence-electron chi connectivity index (χ4n) is 3.78. The number of hydrogen-bond acceptors (Lipinski definition) is 5. The molecule has 7 heteroatoms. The minimum Gasteiger partial charge on any atom is -0.336 e. The van der Waals surface area contributed by atoms with Gasteiger partial charge in [-0.15, -0.1) is 0 Å². The number of carbonyl (C=O) groups excluding carboxylic acids is 1. The van der Waals surface area contributed by atoms with E-state index in [4.69, 9.17) is 4.52 Å². The van der Waals surface area contributed by atoms with Crippen molar-refractivity contribution in [2.45, 2.75) is 12.3 Å². The zero-order valence-corrected chi connectivity index (χ0v) is 15.4. The highest BCUT2D eigenvalue weighted by molar-refractivity contribution is 6.04. The van der Waals surface area contributed by atoms with Crippen molar-refractivity contribution in [1.29, 1.82) is 0 Å². The molecule has 4 aromatic rings. The van der Waals surface area contributed by atoms with Gasteiger partial charge in [-0.2, -0.15) is 10.1 Å². The van der Waals surface area contributed by atoms with Gasteiger partial charge in [-0.05, 0) is 24.6 Å². The Hall–Kier alpha value is -3.48. The standard InChI is InChI=1S/C21H19N5O2/c1-25-17-10-6-5-9-16(17)18(23-25)21(27)26-12-11-15(13-26)19-22-20(28-24-19)14-7-3-2-4-8-14/h2-10,15H,11-13H2,1H3/t15-/m1/s1. The summed E-state index contributed by atoms with van der Waals surface area (Å²) in [5.74, 6) is 1.18. The van der Waals surface area contributed by atoms with Crippen LogP contribution in [0.25, 0.3) is 22.4 Å². The molecule has 0 spiro atoms. The van der Waals surface area contributed by atoms with Crippen molar-refractivity contribution in [3.8, 4) is 11.5 Å².